The fourth-order valence-corrected chi connectivity index (χ4v) is 6.81. The topological polar surface area (TPSA) is 128 Å². The molecule has 0 saturated heterocycles. The number of nitrogens with zero attached hydrogens (tertiary/aromatic N) is 2. The number of aromatic hydroxyl groups is 1. The Morgan fingerprint density at radius 3 is 1.75 bits per heavy atom. The zero-order chi connectivity index (χ0) is 38.7. The highest BCUT2D eigenvalue weighted by Gasteiger charge is 2.39. The number of rotatable bonds is 7. The highest BCUT2D eigenvalue weighted by atomic mass is 19.2. The van der Waals surface area contributed by atoms with Gasteiger partial charge in [0, 0.05) is 33.3 Å². The standard InChI is InChI=1S/C40H32F4N2O7/c1-19-25(18-34(48)49)26-17-24(9-13-32(26)45(19)37(50)21-6-10-28(41)30(43)14-21)53-39(52)36(40(3,4)5)35-20(2)46(33-12-8-23(47)16-27(33)35)38(51)22-7-11-29(42)31(44)15-22/h6-17,36,47H,18H2,1-5H3,(H,48,49). The molecular formula is C40H32F4N2O7. The fourth-order valence-electron chi connectivity index (χ4n) is 6.81. The van der Waals surface area contributed by atoms with Crippen molar-refractivity contribution in [2.45, 2.75) is 47.0 Å². The number of hydrogen-bond donors (Lipinski definition) is 2. The molecule has 2 heterocycles. The van der Waals surface area contributed by atoms with E-state index in [0.717, 1.165) is 36.4 Å². The summed E-state index contributed by atoms with van der Waals surface area (Å²) in [4.78, 5) is 53.6. The van der Waals surface area contributed by atoms with E-state index in [9.17, 15) is 47.0 Å². The minimum atomic E-state index is -1.24. The molecule has 272 valence electrons. The first kappa shape index (κ1) is 36.5. The third-order valence-corrected chi connectivity index (χ3v) is 9.22. The van der Waals surface area contributed by atoms with Gasteiger partial charge < -0.3 is 14.9 Å². The fraction of sp³-hybridized carbons (Fsp3) is 0.200. The summed E-state index contributed by atoms with van der Waals surface area (Å²) in [6.45, 7) is 8.39. The van der Waals surface area contributed by atoms with Crippen LogP contribution in [0.3, 0.4) is 0 Å². The molecule has 6 aromatic rings. The van der Waals surface area contributed by atoms with E-state index < -0.39 is 64.8 Å². The zero-order valence-corrected chi connectivity index (χ0v) is 29.1. The number of benzene rings is 4. The molecule has 2 aromatic heterocycles. The van der Waals surface area contributed by atoms with Crippen molar-refractivity contribution in [1.29, 1.82) is 0 Å². The third kappa shape index (κ3) is 6.54. The lowest BCUT2D eigenvalue weighted by molar-refractivity contribution is -0.139. The summed E-state index contributed by atoms with van der Waals surface area (Å²) in [5, 5.41) is 20.8. The number of carboxylic acids is 1. The third-order valence-electron chi connectivity index (χ3n) is 9.22. The van der Waals surface area contributed by atoms with Gasteiger partial charge in [-0.25, -0.2) is 17.6 Å². The van der Waals surface area contributed by atoms with Crippen LogP contribution in [0.15, 0.2) is 72.8 Å². The van der Waals surface area contributed by atoms with Crippen LogP contribution in [0.1, 0.15) is 69.9 Å². The lowest BCUT2D eigenvalue weighted by atomic mass is 9.75. The summed E-state index contributed by atoms with van der Waals surface area (Å²) in [6.07, 6.45) is -0.517. The van der Waals surface area contributed by atoms with E-state index in [4.69, 9.17) is 4.74 Å². The van der Waals surface area contributed by atoms with Crippen LogP contribution in [0, 0.1) is 42.5 Å². The normalized spacial score (nSPS) is 12.3. The first-order valence-electron chi connectivity index (χ1n) is 16.3. The van der Waals surface area contributed by atoms with Crippen LogP contribution in [0.4, 0.5) is 17.6 Å². The molecule has 0 aliphatic heterocycles. The molecule has 4 aromatic carbocycles. The van der Waals surface area contributed by atoms with Crippen LogP contribution < -0.4 is 4.74 Å². The van der Waals surface area contributed by atoms with Crippen molar-refractivity contribution in [3.8, 4) is 11.5 Å². The van der Waals surface area contributed by atoms with E-state index in [1.807, 2.05) is 0 Å². The largest absolute Gasteiger partial charge is 0.508 e. The van der Waals surface area contributed by atoms with Crippen molar-refractivity contribution in [3.05, 3.63) is 130 Å². The van der Waals surface area contributed by atoms with Gasteiger partial charge >= 0.3 is 11.9 Å². The molecule has 2 N–H and O–H groups in total. The summed E-state index contributed by atoms with van der Waals surface area (Å²) in [7, 11) is 0. The molecular weight excluding hydrogens is 696 g/mol. The van der Waals surface area contributed by atoms with Crippen LogP contribution in [-0.4, -0.2) is 43.1 Å². The SMILES string of the molecule is Cc1c(CC(=O)O)c2cc(OC(=O)C(c3c(C)n(C(=O)c4ccc(F)c(F)c4)c4ccc(O)cc34)C(C)(C)C)ccc2n1C(=O)c1ccc(F)c(F)c1. The molecule has 6 rings (SSSR count). The van der Waals surface area contributed by atoms with E-state index in [-0.39, 0.29) is 56.0 Å². The second-order valence-corrected chi connectivity index (χ2v) is 13.8. The smallest absolute Gasteiger partial charge is 0.319 e. The number of carboxylic acid groups (broad SMARTS) is 1. The van der Waals surface area contributed by atoms with Crippen LogP contribution in [0.25, 0.3) is 21.8 Å². The molecule has 0 saturated carbocycles. The van der Waals surface area contributed by atoms with Crippen molar-refractivity contribution in [1.82, 2.24) is 9.13 Å². The average molecular weight is 729 g/mol. The summed E-state index contributed by atoms with van der Waals surface area (Å²) in [6, 6.07) is 13.8. The predicted molar refractivity (Wildman–Crippen MR) is 186 cm³/mol. The Kier molecular flexibility index (Phi) is 9.23. The van der Waals surface area contributed by atoms with Gasteiger partial charge in [0.1, 0.15) is 11.5 Å². The molecule has 9 nitrogen and oxygen atoms in total. The second kappa shape index (κ2) is 13.4. The predicted octanol–water partition coefficient (Wildman–Crippen LogP) is 8.21. The van der Waals surface area contributed by atoms with Gasteiger partial charge in [0.15, 0.2) is 23.3 Å². The number of fused-ring (bicyclic) bond motifs is 2. The van der Waals surface area contributed by atoms with Crippen LogP contribution in [0.2, 0.25) is 0 Å². The molecule has 0 aliphatic carbocycles. The van der Waals surface area contributed by atoms with Crippen molar-refractivity contribution in [2.24, 2.45) is 5.41 Å². The number of esters is 1. The number of carbonyl (C=O) groups is 4. The lowest BCUT2D eigenvalue weighted by Gasteiger charge is -2.29. The van der Waals surface area contributed by atoms with Crippen LogP contribution >= 0.6 is 0 Å². The maximum atomic E-state index is 14.3. The minimum absolute atomic E-state index is 0.0112. The van der Waals surface area contributed by atoms with Gasteiger partial charge in [-0.05, 0) is 103 Å². The molecule has 1 unspecified atom stereocenters. The number of hydrogen-bond acceptors (Lipinski definition) is 6. The van der Waals surface area contributed by atoms with Crippen LogP contribution in [-0.2, 0) is 16.0 Å². The maximum Gasteiger partial charge on any atom is 0.319 e. The van der Waals surface area contributed by atoms with Crippen molar-refractivity contribution in [3.63, 3.8) is 0 Å². The van der Waals surface area contributed by atoms with Gasteiger partial charge in [-0.15, -0.1) is 0 Å². The number of phenols is 1. The van der Waals surface area contributed by atoms with Crippen LogP contribution in [0.5, 0.6) is 11.5 Å². The van der Waals surface area contributed by atoms with Crippen molar-refractivity contribution < 1.29 is 51.7 Å². The molecule has 0 radical (unpaired) electrons. The average Bonchev–Trinajstić information content (AvgIpc) is 3.50. The Morgan fingerprint density at radius 2 is 1.23 bits per heavy atom. The number of aliphatic carboxylic acids is 1. The summed E-state index contributed by atoms with van der Waals surface area (Å²) >= 11 is 0. The van der Waals surface area contributed by atoms with Gasteiger partial charge in [0.25, 0.3) is 11.8 Å². The van der Waals surface area contributed by atoms with E-state index in [1.54, 1.807) is 27.7 Å². The number of halogens is 4. The molecule has 0 amide bonds. The number of aromatic nitrogens is 2. The van der Waals surface area contributed by atoms with Gasteiger partial charge in [0.05, 0.1) is 23.4 Å². The summed E-state index contributed by atoms with van der Waals surface area (Å²) in [5.74, 6) is -9.45. The first-order valence-corrected chi connectivity index (χ1v) is 16.3. The summed E-state index contributed by atoms with van der Waals surface area (Å²) in [5.41, 5.74) is 0.344. The summed E-state index contributed by atoms with van der Waals surface area (Å²) < 4.78 is 64.0. The van der Waals surface area contributed by atoms with Gasteiger partial charge in [0.2, 0.25) is 0 Å². The van der Waals surface area contributed by atoms with Gasteiger partial charge in [-0.2, -0.15) is 0 Å². The first-order chi connectivity index (χ1) is 24.9. The number of phenolic OH excluding ortho intramolecular Hbond substituents is 1. The number of ether oxygens (including phenoxy) is 1. The van der Waals surface area contributed by atoms with Gasteiger partial charge in [-0.3, -0.25) is 28.3 Å². The van der Waals surface area contributed by atoms with E-state index >= 15 is 0 Å². The van der Waals surface area contributed by atoms with Crippen molar-refractivity contribution >= 4 is 45.6 Å². The Balaban J connectivity index is 1.45. The molecule has 0 bridgehead atoms. The number of carbonyl (C=O) groups excluding carboxylic acids is 3. The Morgan fingerprint density at radius 1 is 0.698 bits per heavy atom. The minimum Gasteiger partial charge on any atom is -0.508 e. The highest BCUT2D eigenvalue weighted by molar-refractivity contribution is 6.07. The molecule has 0 fully saturated rings. The van der Waals surface area contributed by atoms with E-state index in [2.05, 4.69) is 0 Å². The van der Waals surface area contributed by atoms with Crippen molar-refractivity contribution in [2.75, 3.05) is 0 Å². The Bertz CT molecular complexity index is 2530. The quantitative estimate of drug-likeness (QED) is 0.0964. The molecule has 1 atom stereocenters. The zero-order valence-electron chi connectivity index (χ0n) is 29.1. The lowest BCUT2D eigenvalue weighted by Crippen LogP contribution is -2.30. The highest BCUT2D eigenvalue weighted by Crippen LogP contribution is 2.44. The second-order valence-electron chi connectivity index (χ2n) is 13.8. The Labute approximate surface area is 299 Å². The van der Waals surface area contributed by atoms with Gasteiger partial charge in [-0.1, -0.05) is 20.8 Å². The van der Waals surface area contributed by atoms with E-state index in [0.29, 0.717) is 10.9 Å². The molecule has 13 heteroatoms. The Hall–Kier alpha value is -6.24. The van der Waals surface area contributed by atoms with E-state index in [1.165, 1.54) is 52.5 Å². The maximum absolute atomic E-state index is 14.3. The molecule has 0 spiro atoms. The monoisotopic (exact) mass is 728 g/mol. The molecule has 53 heavy (non-hydrogen) atoms. The molecule has 0 aliphatic rings.